The topological polar surface area (TPSA) is 44.2 Å². The molecule has 108 valence electrons. The highest BCUT2D eigenvalue weighted by atomic mass is 32.1. The van der Waals surface area contributed by atoms with E-state index in [4.69, 9.17) is 4.74 Å². The van der Waals surface area contributed by atoms with Gasteiger partial charge in [0.2, 0.25) is 0 Å². The van der Waals surface area contributed by atoms with Gasteiger partial charge in [0.1, 0.15) is 23.1 Å². The van der Waals surface area contributed by atoms with Crippen molar-refractivity contribution in [2.75, 3.05) is 6.61 Å². The number of ether oxygens (including phenoxy) is 2. The molecule has 0 bridgehead atoms. The van der Waals surface area contributed by atoms with E-state index < -0.39 is 12.8 Å². The number of aromatic nitrogens is 2. The number of nitrogens with zero attached hydrogens (tertiary/aromatic N) is 2. The minimum atomic E-state index is -4.34. The first kappa shape index (κ1) is 14.6. The van der Waals surface area contributed by atoms with E-state index >= 15 is 0 Å². The van der Waals surface area contributed by atoms with Crippen molar-refractivity contribution in [3.05, 3.63) is 34.3 Å². The molecule has 1 heterocycles. The van der Waals surface area contributed by atoms with Crippen LogP contribution in [0.1, 0.15) is 10.0 Å². The molecular weight excluding hydrogens is 293 g/mol. The number of rotatable bonds is 5. The second kappa shape index (κ2) is 6.08. The second-order valence-corrected chi connectivity index (χ2v) is 5.14. The predicted molar refractivity (Wildman–Crippen MR) is 67.0 cm³/mol. The third kappa shape index (κ3) is 4.69. The molecule has 0 spiro atoms. The molecule has 2 aromatic rings. The Bertz CT molecular complexity index is 555. The molecule has 0 atom stereocenters. The normalized spacial score (nSPS) is 11.4. The highest BCUT2D eigenvalue weighted by molar-refractivity contribution is 7.11. The molecule has 0 fully saturated rings. The zero-order valence-electron chi connectivity index (χ0n) is 10.5. The highest BCUT2D eigenvalue weighted by Gasteiger charge is 2.28. The summed E-state index contributed by atoms with van der Waals surface area (Å²) in [6.07, 6.45) is -4.34. The van der Waals surface area contributed by atoms with Crippen molar-refractivity contribution >= 4 is 11.3 Å². The number of hydrogen-bond acceptors (Lipinski definition) is 5. The Kier molecular flexibility index (Phi) is 4.43. The molecule has 0 amide bonds. The summed E-state index contributed by atoms with van der Waals surface area (Å²) in [5.74, 6) is 0.665. The predicted octanol–water partition coefficient (Wildman–Crippen LogP) is 3.37. The van der Waals surface area contributed by atoms with Gasteiger partial charge in [-0.25, -0.2) is 0 Å². The molecule has 0 aliphatic carbocycles. The molecule has 0 aliphatic heterocycles. The fourth-order valence-corrected chi connectivity index (χ4v) is 1.96. The van der Waals surface area contributed by atoms with Crippen LogP contribution in [0.4, 0.5) is 13.2 Å². The number of halogens is 3. The van der Waals surface area contributed by atoms with Gasteiger partial charge in [0, 0.05) is 0 Å². The second-order valence-electron chi connectivity index (χ2n) is 3.88. The van der Waals surface area contributed by atoms with Crippen LogP contribution in [0.5, 0.6) is 11.5 Å². The van der Waals surface area contributed by atoms with E-state index in [0.29, 0.717) is 5.75 Å². The van der Waals surface area contributed by atoms with Crippen LogP contribution in [0.15, 0.2) is 24.3 Å². The zero-order chi connectivity index (χ0) is 14.6. The summed E-state index contributed by atoms with van der Waals surface area (Å²) >= 11 is 1.42. The first-order valence-electron chi connectivity index (χ1n) is 5.64. The van der Waals surface area contributed by atoms with Gasteiger partial charge in [0.05, 0.1) is 0 Å². The Labute approximate surface area is 117 Å². The maximum Gasteiger partial charge on any atom is 0.422 e. The SMILES string of the molecule is Cc1nnc(COc2ccc(OCC(F)(F)F)cc2)s1. The van der Waals surface area contributed by atoms with Gasteiger partial charge in [0.15, 0.2) is 11.6 Å². The molecular formula is C12H11F3N2O2S. The van der Waals surface area contributed by atoms with Crippen LogP contribution in [-0.2, 0) is 6.61 Å². The Morgan fingerprint density at radius 3 is 2.15 bits per heavy atom. The van der Waals surface area contributed by atoms with Crippen molar-refractivity contribution in [2.45, 2.75) is 19.7 Å². The fourth-order valence-electron chi connectivity index (χ4n) is 1.34. The Morgan fingerprint density at radius 2 is 1.65 bits per heavy atom. The van der Waals surface area contributed by atoms with E-state index in [9.17, 15) is 13.2 Å². The van der Waals surface area contributed by atoms with Gasteiger partial charge >= 0.3 is 6.18 Å². The summed E-state index contributed by atoms with van der Waals surface area (Å²) in [6, 6.07) is 5.93. The summed E-state index contributed by atoms with van der Waals surface area (Å²) in [5.41, 5.74) is 0. The third-order valence-electron chi connectivity index (χ3n) is 2.16. The van der Waals surface area contributed by atoms with Crippen molar-refractivity contribution in [2.24, 2.45) is 0 Å². The van der Waals surface area contributed by atoms with Gasteiger partial charge in [-0.1, -0.05) is 11.3 Å². The van der Waals surface area contributed by atoms with E-state index in [2.05, 4.69) is 14.9 Å². The maximum atomic E-state index is 12.0. The van der Waals surface area contributed by atoms with E-state index in [0.717, 1.165) is 10.0 Å². The monoisotopic (exact) mass is 304 g/mol. The Morgan fingerprint density at radius 1 is 1.05 bits per heavy atom. The van der Waals surface area contributed by atoms with Crippen LogP contribution in [0, 0.1) is 6.92 Å². The largest absolute Gasteiger partial charge is 0.486 e. The minimum Gasteiger partial charge on any atom is -0.486 e. The smallest absolute Gasteiger partial charge is 0.422 e. The Balaban J connectivity index is 1.85. The number of alkyl halides is 3. The zero-order valence-corrected chi connectivity index (χ0v) is 11.3. The van der Waals surface area contributed by atoms with Crippen LogP contribution < -0.4 is 9.47 Å². The van der Waals surface area contributed by atoms with E-state index in [1.165, 1.54) is 23.5 Å². The molecule has 0 aliphatic rings. The van der Waals surface area contributed by atoms with E-state index in [-0.39, 0.29) is 12.4 Å². The standard InChI is InChI=1S/C12H11F3N2O2S/c1-8-16-17-11(20-8)6-18-9-2-4-10(5-3-9)19-7-12(13,14)15/h2-5H,6-7H2,1H3. The molecule has 0 unspecified atom stereocenters. The fraction of sp³-hybridized carbons (Fsp3) is 0.333. The van der Waals surface area contributed by atoms with Crippen molar-refractivity contribution in [1.82, 2.24) is 10.2 Å². The lowest BCUT2D eigenvalue weighted by Crippen LogP contribution is -2.19. The molecule has 1 aromatic heterocycles. The molecule has 2 rings (SSSR count). The van der Waals surface area contributed by atoms with Crippen molar-refractivity contribution in [3.63, 3.8) is 0 Å². The molecule has 0 N–H and O–H groups in total. The molecule has 20 heavy (non-hydrogen) atoms. The van der Waals surface area contributed by atoms with Gasteiger partial charge in [-0.2, -0.15) is 13.2 Å². The van der Waals surface area contributed by atoms with Crippen LogP contribution in [-0.4, -0.2) is 23.0 Å². The molecule has 0 saturated carbocycles. The average Bonchev–Trinajstić information content (AvgIpc) is 2.80. The van der Waals surface area contributed by atoms with Gasteiger partial charge in [0.25, 0.3) is 0 Å². The highest BCUT2D eigenvalue weighted by Crippen LogP contribution is 2.22. The lowest BCUT2D eigenvalue weighted by atomic mass is 10.3. The first-order valence-corrected chi connectivity index (χ1v) is 6.45. The molecule has 0 saturated heterocycles. The first-order chi connectivity index (χ1) is 9.42. The number of benzene rings is 1. The molecule has 8 heteroatoms. The number of aryl methyl sites for hydroxylation is 1. The average molecular weight is 304 g/mol. The maximum absolute atomic E-state index is 12.0. The molecule has 0 radical (unpaired) electrons. The Hall–Kier alpha value is -1.83. The van der Waals surface area contributed by atoms with Crippen molar-refractivity contribution < 1.29 is 22.6 Å². The van der Waals surface area contributed by atoms with E-state index in [1.807, 2.05) is 6.92 Å². The van der Waals surface area contributed by atoms with E-state index in [1.54, 1.807) is 12.1 Å². The lowest BCUT2D eigenvalue weighted by Gasteiger charge is -2.09. The summed E-state index contributed by atoms with van der Waals surface area (Å²) in [7, 11) is 0. The molecule has 1 aromatic carbocycles. The lowest BCUT2D eigenvalue weighted by molar-refractivity contribution is -0.153. The van der Waals surface area contributed by atoms with Crippen LogP contribution in [0.25, 0.3) is 0 Å². The van der Waals surface area contributed by atoms with Crippen molar-refractivity contribution in [1.29, 1.82) is 0 Å². The van der Waals surface area contributed by atoms with Crippen LogP contribution in [0.3, 0.4) is 0 Å². The summed E-state index contributed by atoms with van der Waals surface area (Å²) in [5, 5.41) is 9.33. The van der Waals surface area contributed by atoms with Gasteiger partial charge in [-0.05, 0) is 31.2 Å². The van der Waals surface area contributed by atoms with Crippen LogP contribution in [0.2, 0.25) is 0 Å². The minimum absolute atomic E-state index is 0.140. The summed E-state index contributed by atoms with van der Waals surface area (Å²) < 4.78 is 45.9. The van der Waals surface area contributed by atoms with Gasteiger partial charge in [-0.15, -0.1) is 10.2 Å². The summed E-state index contributed by atoms with van der Waals surface area (Å²) in [6.45, 7) is 0.805. The quantitative estimate of drug-likeness (QED) is 0.849. The van der Waals surface area contributed by atoms with Gasteiger partial charge < -0.3 is 9.47 Å². The summed E-state index contributed by atoms with van der Waals surface area (Å²) in [4.78, 5) is 0. The van der Waals surface area contributed by atoms with Crippen LogP contribution >= 0.6 is 11.3 Å². The molecule has 4 nitrogen and oxygen atoms in total. The number of hydrogen-bond donors (Lipinski definition) is 0. The van der Waals surface area contributed by atoms with Crippen molar-refractivity contribution in [3.8, 4) is 11.5 Å². The van der Waals surface area contributed by atoms with Gasteiger partial charge in [-0.3, -0.25) is 0 Å². The third-order valence-corrected chi connectivity index (χ3v) is 2.97.